The third-order valence-corrected chi connectivity index (χ3v) is 6.49. The molecule has 152 valence electrons. The van der Waals surface area contributed by atoms with Crippen LogP contribution in [0.2, 0.25) is 0 Å². The first-order chi connectivity index (χ1) is 14.0. The predicted molar refractivity (Wildman–Crippen MR) is 119 cm³/mol. The molecule has 1 fully saturated rings. The Morgan fingerprint density at radius 1 is 1.03 bits per heavy atom. The fourth-order valence-corrected chi connectivity index (χ4v) is 4.48. The fraction of sp³-hybridized carbons (Fsp3) is 0.417. The van der Waals surface area contributed by atoms with E-state index < -0.39 is 0 Å². The van der Waals surface area contributed by atoms with Crippen LogP contribution in [0.5, 0.6) is 0 Å². The molecule has 4 nitrogen and oxygen atoms in total. The summed E-state index contributed by atoms with van der Waals surface area (Å²) in [6.45, 7) is 8.66. The largest absolute Gasteiger partial charge is 0.341 e. The van der Waals surface area contributed by atoms with Crippen LogP contribution >= 0.6 is 11.8 Å². The minimum absolute atomic E-state index is 0.265. The van der Waals surface area contributed by atoms with Gasteiger partial charge in [0.25, 0.3) is 0 Å². The minimum Gasteiger partial charge on any atom is -0.341 e. The number of carbonyl (C=O) groups is 1. The van der Waals surface area contributed by atoms with E-state index in [4.69, 9.17) is 5.26 Å². The Labute approximate surface area is 178 Å². The smallest absolute Gasteiger partial charge is 0.223 e. The van der Waals surface area contributed by atoms with Gasteiger partial charge in [-0.1, -0.05) is 18.2 Å². The summed E-state index contributed by atoms with van der Waals surface area (Å²) in [6, 6.07) is 16.4. The molecule has 2 aromatic carbocycles. The standard InChI is InChI=1S/C24H29N3OS/c1-19-4-9-23(16-20(19)2)29-15-10-24(28)27-12-3-11-26(13-14-27)18-22-7-5-21(17-25)6-8-22/h4-9,16H,3,10-15,18H2,1-2H3. The van der Waals surface area contributed by atoms with E-state index in [1.807, 2.05) is 29.2 Å². The molecule has 29 heavy (non-hydrogen) atoms. The SMILES string of the molecule is Cc1ccc(SCCC(=O)N2CCCN(Cc3ccc(C#N)cc3)CC2)cc1C. The third-order valence-electron chi connectivity index (χ3n) is 5.49. The number of thioether (sulfide) groups is 1. The quantitative estimate of drug-likeness (QED) is 0.666. The second-order valence-corrected chi connectivity index (χ2v) is 8.83. The van der Waals surface area contributed by atoms with E-state index in [-0.39, 0.29) is 5.91 Å². The van der Waals surface area contributed by atoms with Gasteiger partial charge in [0.1, 0.15) is 0 Å². The summed E-state index contributed by atoms with van der Waals surface area (Å²) >= 11 is 1.77. The maximum atomic E-state index is 12.7. The summed E-state index contributed by atoms with van der Waals surface area (Å²) in [5.41, 5.74) is 4.52. The molecule has 0 N–H and O–H groups in total. The molecule has 0 atom stereocenters. The zero-order valence-electron chi connectivity index (χ0n) is 17.4. The zero-order chi connectivity index (χ0) is 20.6. The van der Waals surface area contributed by atoms with Crippen molar-refractivity contribution in [1.82, 2.24) is 9.80 Å². The molecule has 0 radical (unpaired) electrons. The van der Waals surface area contributed by atoms with Gasteiger partial charge in [-0.25, -0.2) is 0 Å². The van der Waals surface area contributed by atoms with Gasteiger partial charge in [-0.3, -0.25) is 9.69 Å². The monoisotopic (exact) mass is 407 g/mol. The predicted octanol–water partition coefficient (Wildman–Crippen LogP) is 4.39. The fourth-order valence-electron chi connectivity index (χ4n) is 3.54. The second kappa shape index (κ2) is 10.5. The van der Waals surface area contributed by atoms with Crippen LogP contribution in [0.25, 0.3) is 0 Å². The molecular weight excluding hydrogens is 378 g/mol. The molecule has 0 bridgehead atoms. The Morgan fingerprint density at radius 2 is 1.83 bits per heavy atom. The van der Waals surface area contributed by atoms with Crippen LogP contribution in [0, 0.1) is 25.2 Å². The van der Waals surface area contributed by atoms with Gasteiger partial charge in [-0.2, -0.15) is 5.26 Å². The highest BCUT2D eigenvalue weighted by Gasteiger charge is 2.19. The summed E-state index contributed by atoms with van der Waals surface area (Å²) in [6.07, 6.45) is 1.60. The van der Waals surface area contributed by atoms with E-state index in [2.05, 4.69) is 43.0 Å². The maximum absolute atomic E-state index is 12.7. The van der Waals surface area contributed by atoms with E-state index >= 15 is 0 Å². The molecule has 1 saturated heterocycles. The first-order valence-corrected chi connectivity index (χ1v) is 11.2. The van der Waals surface area contributed by atoms with Crippen molar-refractivity contribution in [3.63, 3.8) is 0 Å². The highest BCUT2D eigenvalue weighted by molar-refractivity contribution is 7.99. The number of carbonyl (C=O) groups excluding carboxylic acids is 1. The van der Waals surface area contributed by atoms with Gasteiger partial charge in [-0.15, -0.1) is 11.8 Å². The van der Waals surface area contributed by atoms with Crippen molar-refractivity contribution in [2.24, 2.45) is 0 Å². The van der Waals surface area contributed by atoms with E-state index in [1.165, 1.54) is 21.6 Å². The van der Waals surface area contributed by atoms with Crippen molar-refractivity contribution in [2.75, 3.05) is 31.9 Å². The van der Waals surface area contributed by atoms with Crippen molar-refractivity contribution < 1.29 is 4.79 Å². The lowest BCUT2D eigenvalue weighted by atomic mass is 10.1. The molecule has 1 aliphatic heterocycles. The molecular formula is C24H29N3OS. The van der Waals surface area contributed by atoms with Crippen LogP contribution in [0.3, 0.4) is 0 Å². The highest BCUT2D eigenvalue weighted by Crippen LogP contribution is 2.22. The van der Waals surface area contributed by atoms with Crippen LogP contribution in [-0.2, 0) is 11.3 Å². The van der Waals surface area contributed by atoms with Gasteiger partial charge in [0.15, 0.2) is 0 Å². The maximum Gasteiger partial charge on any atom is 0.223 e. The van der Waals surface area contributed by atoms with Crippen LogP contribution < -0.4 is 0 Å². The molecule has 0 aliphatic carbocycles. The normalized spacial score (nSPS) is 15.0. The number of benzene rings is 2. The van der Waals surface area contributed by atoms with Gasteiger partial charge >= 0.3 is 0 Å². The number of amides is 1. The van der Waals surface area contributed by atoms with Gasteiger partial charge in [-0.05, 0) is 61.2 Å². The molecule has 1 amide bonds. The molecule has 5 heteroatoms. The highest BCUT2D eigenvalue weighted by atomic mass is 32.2. The molecule has 1 heterocycles. The minimum atomic E-state index is 0.265. The Bertz CT molecular complexity index is 873. The molecule has 0 aromatic heterocycles. The van der Waals surface area contributed by atoms with E-state index in [0.29, 0.717) is 12.0 Å². The Kier molecular flexibility index (Phi) is 7.74. The number of hydrogen-bond donors (Lipinski definition) is 0. The van der Waals surface area contributed by atoms with Crippen LogP contribution in [-0.4, -0.2) is 47.6 Å². The van der Waals surface area contributed by atoms with Gasteiger partial charge in [0.05, 0.1) is 11.6 Å². The van der Waals surface area contributed by atoms with Gasteiger partial charge < -0.3 is 4.90 Å². The summed E-state index contributed by atoms with van der Waals surface area (Å²) in [7, 11) is 0. The van der Waals surface area contributed by atoms with Crippen molar-refractivity contribution in [3.8, 4) is 6.07 Å². The van der Waals surface area contributed by atoms with E-state index in [0.717, 1.165) is 44.9 Å². The average molecular weight is 408 g/mol. The summed E-state index contributed by atoms with van der Waals surface area (Å²) in [5.74, 6) is 1.09. The lowest BCUT2D eigenvalue weighted by Gasteiger charge is -2.22. The Hall–Kier alpha value is -2.29. The molecule has 0 spiro atoms. The number of hydrogen-bond acceptors (Lipinski definition) is 4. The lowest BCUT2D eigenvalue weighted by Crippen LogP contribution is -2.35. The molecule has 3 rings (SSSR count). The molecule has 0 unspecified atom stereocenters. The number of nitrogens with zero attached hydrogens (tertiary/aromatic N) is 3. The van der Waals surface area contributed by atoms with E-state index in [1.54, 1.807) is 11.8 Å². The second-order valence-electron chi connectivity index (χ2n) is 7.66. The van der Waals surface area contributed by atoms with Crippen LogP contribution in [0.15, 0.2) is 47.4 Å². The molecule has 0 saturated carbocycles. The summed E-state index contributed by atoms with van der Waals surface area (Å²) in [5, 5.41) is 8.92. The topological polar surface area (TPSA) is 47.3 Å². The van der Waals surface area contributed by atoms with Crippen LogP contribution in [0.1, 0.15) is 35.1 Å². The first kappa shape index (κ1) is 21.4. The van der Waals surface area contributed by atoms with Crippen molar-refractivity contribution in [3.05, 3.63) is 64.7 Å². The third kappa shape index (κ3) is 6.35. The van der Waals surface area contributed by atoms with Crippen molar-refractivity contribution >= 4 is 17.7 Å². The first-order valence-electron chi connectivity index (χ1n) is 10.2. The Morgan fingerprint density at radius 3 is 2.55 bits per heavy atom. The van der Waals surface area contributed by atoms with Gasteiger partial charge in [0.2, 0.25) is 5.91 Å². The number of aryl methyl sites for hydroxylation is 2. The summed E-state index contributed by atoms with van der Waals surface area (Å²) in [4.78, 5) is 18.3. The lowest BCUT2D eigenvalue weighted by molar-refractivity contribution is -0.130. The van der Waals surface area contributed by atoms with Crippen LogP contribution in [0.4, 0.5) is 0 Å². The zero-order valence-corrected chi connectivity index (χ0v) is 18.2. The Balaban J connectivity index is 1.43. The van der Waals surface area contributed by atoms with Crippen molar-refractivity contribution in [2.45, 2.75) is 38.1 Å². The van der Waals surface area contributed by atoms with E-state index in [9.17, 15) is 4.79 Å². The number of nitriles is 1. The molecule has 1 aliphatic rings. The summed E-state index contributed by atoms with van der Waals surface area (Å²) < 4.78 is 0. The van der Waals surface area contributed by atoms with Gasteiger partial charge in [0, 0.05) is 49.8 Å². The molecule has 2 aromatic rings. The van der Waals surface area contributed by atoms with Crippen molar-refractivity contribution in [1.29, 1.82) is 5.26 Å². The number of rotatable bonds is 6. The average Bonchev–Trinajstić information content (AvgIpc) is 2.97.